The van der Waals surface area contributed by atoms with E-state index in [0.29, 0.717) is 12.2 Å². The minimum atomic E-state index is 0.0426. The van der Waals surface area contributed by atoms with Gasteiger partial charge in [0.25, 0.3) is 0 Å². The van der Waals surface area contributed by atoms with Gasteiger partial charge in [0.1, 0.15) is 0 Å². The van der Waals surface area contributed by atoms with Crippen LogP contribution in [0, 0.1) is 0 Å². The van der Waals surface area contributed by atoms with E-state index in [0.717, 1.165) is 23.6 Å². The first-order valence-electron chi connectivity index (χ1n) is 6.90. The minimum absolute atomic E-state index is 0.0426. The lowest BCUT2D eigenvalue weighted by molar-refractivity contribution is -0.119. The molecular weight excluding hydrogens is 254 g/mol. The molecule has 2 rings (SSSR count). The Morgan fingerprint density at radius 1 is 1.32 bits per heavy atom. The lowest BCUT2D eigenvalue weighted by Gasteiger charge is -2.22. The molecular formula is C16H23NOS. The molecule has 1 fully saturated rings. The smallest absolute Gasteiger partial charge is 0.154 e. The topological polar surface area (TPSA) is 29.1 Å². The summed E-state index contributed by atoms with van der Waals surface area (Å²) in [5.74, 6) is 2.35. The number of benzene rings is 1. The zero-order chi connectivity index (χ0) is 13.9. The van der Waals surface area contributed by atoms with E-state index in [-0.39, 0.29) is 11.5 Å². The second-order valence-corrected chi connectivity index (χ2v) is 7.32. The Bertz CT molecular complexity index is 427. The van der Waals surface area contributed by atoms with Crippen LogP contribution in [0.4, 0.5) is 0 Å². The van der Waals surface area contributed by atoms with Crippen LogP contribution < -0.4 is 5.32 Å². The zero-order valence-electron chi connectivity index (χ0n) is 12.0. The number of nitrogens with one attached hydrogen (secondary N) is 1. The molecule has 104 valence electrons. The van der Waals surface area contributed by atoms with Gasteiger partial charge >= 0.3 is 0 Å². The molecule has 0 aromatic heterocycles. The van der Waals surface area contributed by atoms with E-state index in [4.69, 9.17) is 0 Å². The molecule has 1 N–H and O–H groups in total. The highest BCUT2D eigenvalue weighted by molar-refractivity contribution is 7.99. The van der Waals surface area contributed by atoms with Gasteiger partial charge in [-0.1, -0.05) is 45.0 Å². The highest BCUT2D eigenvalue weighted by atomic mass is 32.2. The first-order chi connectivity index (χ1) is 8.97. The van der Waals surface area contributed by atoms with Crippen molar-refractivity contribution in [3.05, 3.63) is 35.4 Å². The Morgan fingerprint density at radius 3 is 2.53 bits per heavy atom. The van der Waals surface area contributed by atoms with Crippen LogP contribution in [-0.4, -0.2) is 29.9 Å². The molecule has 3 heteroatoms. The predicted octanol–water partition coefficient (Wildman–Crippen LogP) is 2.80. The molecule has 19 heavy (non-hydrogen) atoms. The maximum Gasteiger partial charge on any atom is 0.154 e. The van der Waals surface area contributed by atoms with Crippen LogP contribution in [0.2, 0.25) is 0 Å². The quantitative estimate of drug-likeness (QED) is 0.921. The van der Waals surface area contributed by atoms with Gasteiger partial charge in [0.15, 0.2) is 5.78 Å². The number of rotatable bonds is 3. The summed E-state index contributed by atoms with van der Waals surface area (Å²) in [4.78, 5) is 12.2. The fourth-order valence-corrected chi connectivity index (χ4v) is 3.19. The third-order valence-electron chi connectivity index (χ3n) is 3.51. The number of carbonyl (C=O) groups excluding carboxylic acids is 1. The maximum atomic E-state index is 12.2. The summed E-state index contributed by atoms with van der Waals surface area (Å²) >= 11 is 1.86. The standard InChI is InChI=1S/C16H23NOS/c1-16(2,3)13-6-4-12(5-7-13)10-15(18)14-11-19-9-8-17-14/h4-7,14,17H,8-11H2,1-3H3. The van der Waals surface area contributed by atoms with E-state index < -0.39 is 0 Å². The van der Waals surface area contributed by atoms with Gasteiger partial charge in [-0.15, -0.1) is 0 Å². The molecule has 0 radical (unpaired) electrons. The van der Waals surface area contributed by atoms with Gasteiger partial charge in [-0.2, -0.15) is 11.8 Å². The molecule has 1 atom stereocenters. The average Bonchev–Trinajstić information content (AvgIpc) is 2.39. The minimum Gasteiger partial charge on any atom is -0.306 e. The molecule has 1 saturated heterocycles. The number of thioether (sulfide) groups is 1. The van der Waals surface area contributed by atoms with Crippen LogP contribution in [-0.2, 0) is 16.6 Å². The van der Waals surface area contributed by atoms with Crippen LogP contribution in [0.1, 0.15) is 31.9 Å². The second kappa shape index (κ2) is 6.10. The Labute approximate surface area is 120 Å². The van der Waals surface area contributed by atoms with Crippen molar-refractivity contribution in [2.24, 2.45) is 0 Å². The third kappa shape index (κ3) is 4.08. The van der Waals surface area contributed by atoms with Crippen LogP contribution in [0.15, 0.2) is 24.3 Å². The predicted molar refractivity (Wildman–Crippen MR) is 83.0 cm³/mol. The monoisotopic (exact) mass is 277 g/mol. The molecule has 0 spiro atoms. The molecule has 1 unspecified atom stereocenters. The number of ketones is 1. The van der Waals surface area contributed by atoms with E-state index in [1.54, 1.807) is 0 Å². The average molecular weight is 277 g/mol. The van der Waals surface area contributed by atoms with Crippen molar-refractivity contribution in [1.82, 2.24) is 5.32 Å². The van der Waals surface area contributed by atoms with Crippen LogP contribution in [0.3, 0.4) is 0 Å². The first-order valence-corrected chi connectivity index (χ1v) is 8.05. The molecule has 0 amide bonds. The lowest BCUT2D eigenvalue weighted by atomic mass is 9.86. The van der Waals surface area contributed by atoms with Crippen molar-refractivity contribution in [3.8, 4) is 0 Å². The van der Waals surface area contributed by atoms with Crippen LogP contribution in [0.5, 0.6) is 0 Å². The van der Waals surface area contributed by atoms with Crippen molar-refractivity contribution >= 4 is 17.5 Å². The summed E-state index contributed by atoms with van der Waals surface area (Å²) in [6.45, 7) is 7.56. The Balaban J connectivity index is 1.97. The Hall–Kier alpha value is -0.800. The molecule has 1 aromatic carbocycles. The summed E-state index contributed by atoms with van der Waals surface area (Å²) < 4.78 is 0. The number of carbonyl (C=O) groups is 1. The number of hydrogen-bond donors (Lipinski definition) is 1. The summed E-state index contributed by atoms with van der Waals surface area (Å²) in [5.41, 5.74) is 2.61. The van der Waals surface area contributed by atoms with Crippen LogP contribution in [0.25, 0.3) is 0 Å². The molecule has 0 aliphatic carbocycles. The first kappa shape index (κ1) is 14.6. The van der Waals surface area contributed by atoms with Gasteiger partial charge in [-0.3, -0.25) is 4.79 Å². The highest BCUT2D eigenvalue weighted by Gasteiger charge is 2.21. The third-order valence-corrected chi connectivity index (χ3v) is 4.57. The maximum absolute atomic E-state index is 12.2. The van der Waals surface area contributed by atoms with Crippen molar-refractivity contribution in [2.75, 3.05) is 18.1 Å². The highest BCUT2D eigenvalue weighted by Crippen LogP contribution is 2.22. The fourth-order valence-electron chi connectivity index (χ4n) is 2.22. The van der Waals surface area contributed by atoms with Crippen molar-refractivity contribution in [1.29, 1.82) is 0 Å². The fraction of sp³-hybridized carbons (Fsp3) is 0.562. The normalized spacial score (nSPS) is 20.3. The number of Topliss-reactive ketones (excluding diaryl/α,β-unsaturated/α-hetero) is 1. The van der Waals surface area contributed by atoms with Crippen LogP contribution >= 0.6 is 11.8 Å². The summed E-state index contributed by atoms with van der Waals surface area (Å²) in [6, 6.07) is 8.52. The molecule has 1 heterocycles. The van der Waals surface area contributed by atoms with Gasteiger partial charge in [-0.05, 0) is 16.5 Å². The van der Waals surface area contributed by atoms with Gasteiger partial charge in [0.2, 0.25) is 0 Å². The van der Waals surface area contributed by atoms with Gasteiger partial charge in [0, 0.05) is 24.5 Å². The Kier molecular flexibility index (Phi) is 4.69. The van der Waals surface area contributed by atoms with E-state index >= 15 is 0 Å². The summed E-state index contributed by atoms with van der Waals surface area (Å²) in [5, 5.41) is 3.30. The lowest BCUT2D eigenvalue weighted by Crippen LogP contribution is -2.44. The van der Waals surface area contributed by atoms with Gasteiger partial charge in [-0.25, -0.2) is 0 Å². The molecule has 1 aliphatic rings. The van der Waals surface area contributed by atoms with Crippen molar-refractivity contribution in [3.63, 3.8) is 0 Å². The second-order valence-electron chi connectivity index (χ2n) is 6.17. The molecule has 2 nitrogen and oxygen atoms in total. The largest absolute Gasteiger partial charge is 0.306 e. The molecule has 0 saturated carbocycles. The van der Waals surface area contributed by atoms with E-state index in [2.05, 4.69) is 50.4 Å². The Morgan fingerprint density at radius 2 is 2.00 bits per heavy atom. The van der Waals surface area contributed by atoms with Gasteiger partial charge < -0.3 is 5.32 Å². The molecule has 1 aliphatic heterocycles. The van der Waals surface area contributed by atoms with Crippen molar-refractivity contribution in [2.45, 2.75) is 38.6 Å². The summed E-state index contributed by atoms with van der Waals surface area (Å²) in [7, 11) is 0. The van der Waals surface area contributed by atoms with E-state index in [1.165, 1.54) is 5.56 Å². The van der Waals surface area contributed by atoms with Gasteiger partial charge in [0.05, 0.1) is 6.04 Å². The molecule has 1 aromatic rings. The van der Waals surface area contributed by atoms with Crippen molar-refractivity contribution < 1.29 is 4.79 Å². The number of hydrogen-bond acceptors (Lipinski definition) is 3. The summed E-state index contributed by atoms with van der Waals surface area (Å²) in [6.07, 6.45) is 0.544. The zero-order valence-corrected chi connectivity index (χ0v) is 12.8. The van der Waals surface area contributed by atoms with E-state index in [9.17, 15) is 4.79 Å². The van der Waals surface area contributed by atoms with E-state index in [1.807, 2.05) is 11.8 Å². The SMILES string of the molecule is CC(C)(C)c1ccc(CC(=O)C2CSCCN2)cc1. The molecule has 0 bridgehead atoms.